The van der Waals surface area contributed by atoms with Crippen LogP contribution in [0, 0.1) is 50.7 Å². The number of fused-ring (bicyclic) bond motifs is 7. The van der Waals surface area contributed by atoms with Crippen molar-refractivity contribution in [1.82, 2.24) is 0 Å². The summed E-state index contributed by atoms with van der Waals surface area (Å²) in [6, 6.07) is 0. The Labute approximate surface area is 216 Å². The van der Waals surface area contributed by atoms with E-state index < -0.39 is 0 Å². The van der Waals surface area contributed by atoms with Gasteiger partial charge >= 0.3 is 0 Å². The van der Waals surface area contributed by atoms with E-state index in [1.54, 1.807) is 5.57 Å². The highest BCUT2D eigenvalue weighted by Crippen LogP contribution is 2.74. The lowest BCUT2D eigenvalue weighted by Gasteiger charge is -2.69. The molecule has 0 aromatic carbocycles. The van der Waals surface area contributed by atoms with Crippen LogP contribution in [-0.2, 0) is 4.79 Å². The van der Waals surface area contributed by atoms with Crippen molar-refractivity contribution >= 4 is 5.78 Å². The van der Waals surface area contributed by atoms with E-state index in [4.69, 9.17) is 0 Å². The Kier molecular flexibility index (Phi) is 6.27. The maximum Gasteiger partial charge on any atom is 0.159 e. The first kappa shape index (κ1) is 26.0. The predicted molar refractivity (Wildman–Crippen MR) is 145 cm³/mol. The van der Waals surface area contributed by atoms with Crippen LogP contribution in [-0.4, -0.2) is 17.0 Å². The van der Waals surface area contributed by atoms with E-state index in [1.807, 2.05) is 0 Å². The van der Waals surface area contributed by atoms with Crippen molar-refractivity contribution in [2.45, 2.75) is 138 Å². The number of ketones is 1. The van der Waals surface area contributed by atoms with Gasteiger partial charge in [-0.1, -0.05) is 73.3 Å². The molecule has 0 aromatic rings. The van der Waals surface area contributed by atoms with Gasteiger partial charge in [0, 0.05) is 5.92 Å². The topological polar surface area (TPSA) is 37.3 Å². The summed E-state index contributed by atoms with van der Waals surface area (Å²) in [7, 11) is 0. The van der Waals surface area contributed by atoms with Crippen molar-refractivity contribution in [2.24, 2.45) is 50.7 Å². The third-order valence-electron chi connectivity index (χ3n) is 13.6. The quantitative estimate of drug-likeness (QED) is 0.408. The van der Waals surface area contributed by atoms with Gasteiger partial charge in [0.2, 0.25) is 0 Å². The first-order valence-electron chi connectivity index (χ1n) is 15.3. The second kappa shape index (κ2) is 8.44. The molecule has 0 bridgehead atoms. The van der Waals surface area contributed by atoms with Gasteiger partial charge in [-0.2, -0.15) is 0 Å². The molecule has 0 aliphatic heterocycles. The fourth-order valence-electron chi connectivity index (χ4n) is 10.9. The first-order valence-corrected chi connectivity index (χ1v) is 15.3. The van der Waals surface area contributed by atoms with E-state index >= 15 is 0 Å². The lowest BCUT2D eigenvalue weighted by atomic mass is 9.34. The van der Waals surface area contributed by atoms with Crippen LogP contribution in [0.15, 0.2) is 11.6 Å². The molecule has 2 nitrogen and oxygen atoms in total. The second-order valence-corrected chi connectivity index (χ2v) is 15.5. The standard InChI is InChI=1S/C33H54O2/c1-8-9-10-13-29(3)16-17-30(4)18-19-32(6)24(25(30)21-29)20-27(35)28-31(5)14-12-26(34)22(2)23(31)11-15-33(28,32)7/h20,22-23,25-26,28,34H,8-19,21H2,1-7H3/t22-,23?,25+,26+,28?,29?,30-,31+,32-,33-/m1/s1. The first-order chi connectivity index (χ1) is 16.3. The van der Waals surface area contributed by atoms with Crippen molar-refractivity contribution < 1.29 is 9.90 Å². The Morgan fingerprint density at radius 2 is 1.66 bits per heavy atom. The number of unbranched alkanes of at least 4 members (excludes halogenated alkanes) is 2. The highest BCUT2D eigenvalue weighted by atomic mass is 16.3. The van der Waals surface area contributed by atoms with E-state index in [1.165, 1.54) is 64.2 Å². The van der Waals surface area contributed by atoms with Crippen LogP contribution in [0.5, 0.6) is 0 Å². The zero-order chi connectivity index (χ0) is 25.4. The van der Waals surface area contributed by atoms with E-state index in [-0.39, 0.29) is 28.3 Å². The Bertz CT molecular complexity index is 890. The Hall–Kier alpha value is -0.630. The molecule has 35 heavy (non-hydrogen) atoms. The van der Waals surface area contributed by atoms with Gasteiger partial charge in [-0.15, -0.1) is 0 Å². The zero-order valence-electron chi connectivity index (χ0n) is 24.0. The van der Waals surface area contributed by atoms with Crippen LogP contribution in [0.25, 0.3) is 0 Å². The average Bonchev–Trinajstić information content (AvgIpc) is 2.79. The summed E-state index contributed by atoms with van der Waals surface area (Å²) < 4.78 is 0. The van der Waals surface area contributed by atoms with Gasteiger partial charge in [0.05, 0.1) is 6.10 Å². The zero-order valence-corrected chi connectivity index (χ0v) is 24.0. The summed E-state index contributed by atoms with van der Waals surface area (Å²) in [4.78, 5) is 14.3. The van der Waals surface area contributed by atoms with Crippen LogP contribution >= 0.6 is 0 Å². The molecule has 4 saturated carbocycles. The van der Waals surface area contributed by atoms with E-state index in [9.17, 15) is 9.90 Å². The summed E-state index contributed by atoms with van der Waals surface area (Å²) in [6.45, 7) is 17.2. The molecule has 0 aromatic heterocycles. The van der Waals surface area contributed by atoms with E-state index in [0.717, 1.165) is 19.3 Å². The summed E-state index contributed by atoms with van der Waals surface area (Å²) in [5.74, 6) is 1.90. The van der Waals surface area contributed by atoms with Gasteiger partial charge in [0.1, 0.15) is 0 Å². The molecule has 0 saturated heterocycles. The minimum Gasteiger partial charge on any atom is -0.393 e. The fraction of sp³-hybridized carbons (Fsp3) is 0.909. The largest absolute Gasteiger partial charge is 0.393 e. The lowest BCUT2D eigenvalue weighted by Crippen LogP contribution is -2.65. The molecule has 4 fully saturated rings. The van der Waals surface area contributed by atoms with Crippen LogP contribution < -0.4 is 0 Å². The molecule has 198 valence electrons. The number of allylic oxidation sites excluding steroid dienone is 2. The Morgan fingerprint density at radius 3 is 2.37 bits per heavy atom. The van der Waals surface area contributed by atoms with Crippen molar-refractivity contribution in [3.63, 3.8) is 0 Å². The number of carbonyl (C=O) groups excluding carboxylic acids is 1. The summed E-state index contributed by atoms with van der Waals surface area (Å²) >= 11 is 0. The Morgan fingerprint density at radius 1 is 0.943 bits per heavy atom. The molecule has 0 heterocycles. The molecule has 0 radical (unpaired) electrons. The Balaban J connectivity index is 1.53. The van der Waals surface area contributed by atoms with Crippen LogP contribution in [0.1, 0.15) is 132 Å². The number of carbonyl (C=O) groups is 1. The SMILES string of the molecule is CCCCCC1(C)CC[C@]2(C)CC[C@]3(C)C(=CC(=O)C4[C@@]5(C)CC[C@H](O)[C@H](C)C5CC[C@]43C)[C@@H]2C1. The van der Waals surface area contributed by atoms with Gasteiger partial charge in [-0.25, -0.2) is 0 Å². The molecule has 0 amide bonds. The van der Waals surface area contributed by atoms with Gasteiger partial charge in [0.15, 0.2) is 5.78 Å². The minimum atomic E-state index is -0.194. The van der Waals surface area contributed by atoms with Gasteiger partial charge < -0.3 is 5.11 Å². The molecule has 10 atom stereocenters. The third-order valence-corrected chi connectivity index (χ3v) is 13.6. The van der Waals surface area contributed by atoms with Crippen LogP contribution in [0.4, 0.5) is 0 Å². The van der Waals surface area contributed by atoms with Gasteiger partial charge in [0.25, 0.3) is 0 Å². The minimum absolute atomic E-state index is 0.0236. The smallest absolute Gasteiger partial charge is 0.159 e. The van der Waals surface area contributed by atoms with Crippen molar-refractivity contribution in [2.75, 3.05) is 0 Å². The van der Waals surface area contributed by atoms with Gasteiger partial charge in [-0.05, 0) is 115 Å². The van der Waals surface area contributed by atoms with Crippen molar-refractivity contribution in [1.29, 1.82) is 0 Å². The number of aliphatic hydroxyl groups excluding tert-OH is 1. The number of rotatable bonds is 4. The highest BCUT2D eigenvalue weighted by Gasteiger charge is 2.68. The molecule has 5 rings (SSSR count). The second-order valence-electron chi connectivity index (χ2n) is 15.5. The molecular formula is C33H54O2. The molecule has 1 N–H and O–H groups in total. The number of hydrogen-bond acceptors (Lipinski definition) is 2. The molecule has 5 aliphatic carbocycles. The van der Waals surface area contributed by atoms with Crippen molar-refractivity contribution in [3.05, 3.63) is 11.6 Å². The lowest BCUT2D eigenvalue weighted by molar-refractivity contribution is -0.184. The summed E-state index contributed by atoms with van der Waals surface area (Å²) in [5, 5.41) is 10.7. The normalized spacial score (nSPS) is 53.7. The van der Waals surface area contributed by atoms with Crippen LogP contribution in [0.3, 0.4) is 0 Å². The average molecular weight is 483 g/mol. The maximum absolute atomic E-state index is 14.3. The van der Waals surface area contributed by atoms with Gasteiger partial charge in [-0.3, -0.25) is 4.79 Å². The third kappa shape index (κ3) is 3.61. The molecule has 2 heteroatoms. The summed E-state index contributed by atoms with van der Waals surface area (Å²) in [5.41, 5.74) is 2.54. The van der Waals surface area contributed by atoms with Crippen molar-refractivity contribution in [3.8, 4) is 0 Å². The monoisotopic (exact) mass is 482 g/mol. The van der Waals surface area contributed by atoms with E-state index in [2.05, 4.69) is 54.5 Å². The molecule has 3 unspecified atom stereocenters. The van der Waals surface area contributed by atoms with Crippen LogP contribution in [0.2, 0.25) is 0 Å². The number of aliphatic hydroxyl groups is 1. The highest BCUT2D eigenvalue weighted by molar-refractivity contribution is 5.95. The molecule has 0 spiro atoms. The fourth-order valence-corrected chi connectivity index (χ4v) is 10.9. The number of hydrogen-bond donors (Lipinski definition) is 1. The molecule has 5 aliphatic rings. The predicted octanol–water partition coefficient (Wildman–Crippen LogP) is 8.52. The maximum atomic E-state index is 14.3. The molecular weight excluding hydrogens is 428 g/mol. The summed E-state index contributed by atoms with van der Waals surface area (Å²) in [6.07, 6.45) is 18.1. The van der Waals surface area contributed by atoms with E-state index in [0.29, 0.717) is 34.4 Å².